The molecule has 4 fully saturated rings. The molecular formula is C28H30F3N5O5S. The topological polar surface area (TPSA) is 129 Å². The Morgan fingerprint density at radius 2 is 1.90 bits per heavy atom. The summed E-state index contributed by atoms with van der Waals surface area (Å²) in [6, 6.07) is 3.79. The average molecular weight is 606 g/mol. The van der Waals surface area contributed by atoms with E-state index in [4.69, 9.17) is 0 Å². The molecule has 6 rings (SSSR count). The fraction of sp³-hybridized carbons (Fsp3) is 0.571. The summed E-state index contributed by atoms with van der Waals surface area (Å²) in [7, 11) is 0. The van der Waals surface area contributed by atoms with Crippen LogP contribution in [0.15, 0.2) is 24.3 Å². The van der Waals surface area contributed by atoms with Gasteiger partial charge in [-0.25, -0.2) is 4.98 Å². The monoisotopic (exact) mass is 605 g/mol. The second-order valence-electron chi connectivity index (χ2n) is 12.1. The van der Waals surface area contributed by atoms with Gasteiger partial charge >= 0.3 is 12.1 Å². The highest BCUT2D eigenvalue weighted by Gasteiger charge is 2.70. The number of alkyl halides is 3. The molecule has 10 nitrogen and oxygen atoms in total. The summed E-state index contributed by atoms with van der Waals surface area (Å²) in [6.07, 6.45) is -4.50. The maximum absolute atomic E-state index is 13.9. The molecule has 1 aliphatic carbocycles. The smallest absolute Gasteiger partial charge is 0.356 e. The number of carbonyl (C=O) groups is 5. The number of carbonyl (C=O) groups excluding carboxylic acids is 5. The molecule has 6 atom stereocenters. The molecule has 1 aromatic heterocycles. The number of rotatable bonds is 7. The first-order valence-electron chi connectivity index (χ1n) is 13.9. The number of thiazole rings is 1. The number of hydrogen-bond donors (Lipinski definition) is 2. The number of likely N-dealkylation sites (tertiary alicyclic amines) is 2. The van der Waals surface area contributed by atoms with Crippen molar-refractivity contribution < 1.29 is 37.1 Å². The fourth-order valence-electron chi connectivity index (χ4n) is 6.82. The number of halogens is 3. The molecule has 42 heavy (non-hydrogen) atoms. The fourth-order valence-corrected chi connectivity index (χ4v) is 7.78. The number of nitrogens with zero attached hydrogens (tertiary/aromatic N) is 3. The second-order valence-corrected chi connectivity index (χ2v) is 13.1. The normalized spacial score (nSPS) is 28.6. The van der Waals surface area contributed by atoms with E-state index in [0.717, 1.165) is 4.70 Å². The molecule has 0 bridgehead atoms. The number of piperidine rings is 1. The van der Waals surface area contributed by atoms with Gasteiger partial charge in [0.15, 0.2) is 5.01 Å². The summed E-state index contributed by atoms with van der Waals surface area (Å²) >= 11 is 1.18. The van der Waals surface area contributed by atoms with Crippen LogP contribution in [0.2, 0.25) is 0 Å². The molecule has 1 unspecified atom stereocenters. The van der Waals surface area contributed by atoms with Gasteiger partial charge in [-0.05, 0) is 48.6 Å². The van der Waals surface area contributed by atoms with Crippen molar-refractivity contribution in [2.75, 3.05) is 19.6 Å². The van der Waals surface area contributed by atoms with E-state index < -0.39 is 53.7 Å². The molecule has 2 aromatic rings. The molecule has 1 aromatic carbocycles. The van der Waals surface area contributed by atoms with Crippen LogP contribution in [-0.4, -0.2) is 88.1 Å². The van der Waals surface area contributed by atoms with Gasteiger partial charge in [-0.2, -0.15) is 13.2 Å². The van der Waals surface area contributed by atoms with E-state index in [1.54, 1.807) is 12.1 Å². The minimum absolute atomic E-state index is 0.0426. The van der Waals surface area contributed by atoms with E-state index in [2.05, 4.69) is 15.6 Å². The summed E-state index contributed by atoms with van der Waals surface area (Å²) in [4.78, 5) is 71.6. The summed E-state index contributed by atoms with van der Waals surface area (Å²) < 4.78 is 40.1. The lowest BCUT2D eigenvalue weighted by Crippen LogP contribution is -2.64. The van der Waals surface area contributed by atoms with Gasteiger partial charge in [0.05, 0.1) is 16.3 Å². The van der Waals surface area contributed by atoms with Gasteiger partial charge in [0.25, 0.3) is 0 Å². The Balaban J connectivity index is 1.25. The van der Waals surface area contributed by atoms with E-state index in [-0.39, 0.29) is 54.1 Å². The van der Waals surface area contributed by atoms with Gasteiger partial charge in [-0.3, -0.25) is 24.0 Å². The van der Waals surface area contributed by atoms with Crippen molar-refractivity contribution >= 4 is 51.0 Å². The summed E-state index contributed by atoms with van der Waals surface area (Å²) in [6.45, 7) is 4.34. The highest BCUT2D eigenvalue weighted by molar-refractivity contribution is 7.20. The van der Waals surface area contributed by atoms with Crippen molar-refractivity contribution in [2.24, 2.45) is 23.2 Å². The Kier molecular flexibility index (Phi) is 6.82. The minimum atomic E-state index is -5.11. The third kappa shape index (κ3) is 4.73. The third-order valence-electron chi connectivity index (χ3n) is 9.39. The van der Waals surface area contributed by atoms with Crippen LogP contribution >= 0.6 is 11.3 Å². The third-order valence-corrected chi connectivity index (χ3v) is 10.4. The highest BCUT2D eigenvalue weighted by atomic mass is 32.1. The molecule has 3 saturated heterocycles. The van der Waals surface area contributed by atoms with Crippen LogP contribution in [0.4, 0.5) is 13.2 Å². The van der Waals surface area contributed by atoms with Crippen LogP contribution in [0.25, 0.3) is 10.2 Å². The number of fused-ring (bicyclic) bond motifs is 2. The standard InChI is InChI=1S/C28H30F3N5O5S/c1-27(2)14-12-36(25(40)17-8-10-35(17)26(41)28(29,30)31)20(19(14)27)23(39)33-16(11-13-7-9-32-22(13)38)21(37)24-34-15-5-3-4-6-18(15)42-24/h3-6,13-14,16-17,19-20H,7-12H2,1-2H3,(H,32,38)(H,33,39)/t13-,14-,16-,17-,19-,20?/m0/s1. The number of nitrogens with one attached hydrogen (secondary N) is 2. The maximum Gasteiger partial charge on any atom is 0.471 e. The number of aromatic nitrogens is 1. The summed E-state index contributed by atoms with van der Waals surface area (Å²) in [5.41, 5.74) is 0.334. The number of hydrogen-bond acceptors (Lipinski definition) is 7. The molecule has 3 aliphatic heterocycles. The molecule has 1 saturated carbocycles. The number of benzene rings is 1. The Morgan fingerprint density at radius 1 is 1.17 bits per heavy atom. The number of amides is 4. The molecule has 14 heteroatoms. The van der Waals surface area contributed by atoms with Gasteiger partial charge in [0.2, 0.25) is 23.5 Å². The predicted molar refractivity (Wildman–Crippen MR) is 144 cm³/mol. The Hall–Kier alpha value is -3.55. The van der Waals surface area contributed by atoms with Gasteiger partial charge in [0, 0.05) is 25.6 Å². The largest absolute Gasteiger partial charge is 0.471 e. The van der Waals surface area contributed by atoms with E-state index in [0.29, 0.717) is 23.4 Å². The van der Waals surface area contributed by atoms with E-state index in [1.807, 2.05) is 26.0 Å². The first-order chi connectivity index (χ1) is 19.8. The molecule has 4 amide bonds. The zero-order valence-electron chi connectivity index (χ0n) is 22.9. The SMILES string of the molecule is CC1(C)[C@@H]2C(C(=O)N[C@@H](C[C@@H]3CCNC3=O)C(=O)c3nc4ccccc4s3)N(C(=O)[C@@H]3CCN3C(=O)C(F)(F)F)C[C@@H]21. The minimum Gasteiger partial charge on any atom is -0.356 e. The van der Waals surface area contributed by atoms with Gasteiger partial charge < -0.3 is 20.4 Å². The maximum atomic E-state index is 13.9. The van der Waals surface area contributed by atoms with E-state index >= 15 is 0 Å². The van der Waals surface area contributed by atoms with E-state index in [1.165, 1.54) is 16.2 Å². The Labute approximate surface area is 243 Å². The number of para-hydroxylation sites is 1. The van der Waals surface area contributed by atoms with Crippen LogP contribution in [0.1, 0.15) is 42.9 Å². The molecular weight excluding hydrogens is 575 g/mol. The van der Waals surface area contributed by atoms with Crippen molar-refractivity contribution in [2.45, 2.75) is 57.4 Å². The Bertz CT molecular complexity index is 1460. The van der Waals surface area contributed by atoms with Crippen molar-refractivity contribution in [3.8, 4) is 0 Å². The summed E-state index contributed by atoms with van der Waals surface area (Å²) in [5.74, 6) is -4.87. The second kappa shape index (κ2) is 10.0. The zero-order chi connectivity index (χ0) is 30.1. The molecule has 2 N–H and O–H groups in total. The van der Waals surface area contributed by atoms with Gasteiger partial charge in [0.1, 0.15) is 12.1 Å². The van der Waals surface area contributed by atoms with Crippen LogP contribution in [0.5, 0.6) is 0 Å². The van der Waals surface area contributed by atoms with Crippen molar-refractivity contribution in [1.82, 2.24) is 25.4 Å². The molecule has 0 spiro atoms. The van der Waals surface area contributed by atoms with Crippen molar-refractivity contribution in [3.63, 3.8) is 0 Å². The van der Waals surface area contributed by atoms with Crippen molar-refractivity contribution in [3.05, 3.63) is 29.3 Å². The van der Waals surface area contributed by atoms with Crippen LogP contribution < -0.4 is 10.6 Å². The van der Waals surface area contributed by atoms with Gasteiger partial charge in [-0.15, -0.1) is 11.3 Å². The van der Waals surface area contributed by atoms with Crippen LogP contribution in [0.3, 0.4) is 0 Å². The molecule has 0 radical (unpaired) electrons. The summed E-state index contributed by atoms with van der Waals surface area (Å²) in [5, 5.41) is 5.72. The number of Topliss-reactive ketones (excluding diaryl/α,β-unsaturated/α-hetero) is 1. The first-order valence-corrected chi connectivity index (χ1v) is 14.8. The molecule has 4 aliphatic rings. The first kappa shape index (κ1) is 28.6. The van der Waals surface area contributed by atoms with Crippen LogP contribution in [-0.2, 0) is 19.2 Å². The van der Waals surface area contributed by atoms with Crippen LogP contribution in [0, 0.1) is 23.2 Å². The quantitative estimate of drug-likeness (QED) is 0.466. The lowest BCUT2D eigenvalue weighted by Gasteiger charge is -2.43. The lowest BCUT2D eigenvalue weighted by molar-refractivity contribution is -0.195. The molecule has 4 heterocycles. The predicted octanol–water partition coefficient (Wildman–Crippen LogP) is 2.14. The highest BCUT2D eigenvalue weighted by Crippen LogP contribution is 2.65. The van der Waals surface area contributed by atoms with E-state index in [9.17, 15) is 37.1 Å². The number of ketones is 1. The lowest BCUT2D eigenvalue weighted by atomic mass is 9.94. The van der Waals surface area contributed by atoms with Gasteiger partial charge in [-0.1, -0.05) is 26.0 Å². The molecule has 224 valence electrons. The average Bonchev–Trinajstić information content (AvgIpc) is 3.42. The Morgan fingerprint density at radius 3 is 2.52 bits per heavy atom. The van der Waals surface area contributed by atoms with Crippen molar-refractivity contribution in [1.29, 1.82) is 0 Å². The zero-order valence-corrected chi connectivity index (χ0v) is 23.8.